The van der Waals surface area contributed by atoms with Crippen LogP contribution in [0.1, 0.15) is 44.8 Å². The summed E-state index contributed by atoms with van der Waals surface area (Å²) in [6.07, 6.45) is 6.65. The van der Waals surface area contributed by atoms with Crippen molar-refractivity contribution < 1.29 is 71.4 Å². The molecule has 3 aliphatic rings. The van der Waals surface area contributed by atoms with Crippen LogP contribution < -0.4 is 25.6 Å². The Morgan fingerprint density at radius 3 is 2.00 bits per heavy atom. The SMILES string of the molecule is Cc1ccccc1C(=O)N1CCc2cc(-c3nc(NC(=O)Cc4cccc(OCCOCCOCCOCCOCCOCCOCCOCCOC5=CC(C=O)C(C(=O)NC6CCC(=O)NC6=O)C=C5)c4)sc3C)ccc21. The number of ether oxygens (including phenoxy) is 9. The number of piperidine rings is 1. The number of fused-ring (bicyclic) bond motifs is 1. The van der Waals surface area contributed by atoms with E-state index in [1.165, 1.54) is 11.3 Å². The second-order valence-electron chi connectivity index (χ2n) is 18.3. The Kier molecular flexibility index (Phi) is 23.9. The average molecular weight is 1100 g/mol. The first kappa shape index (κ1) is 59.0. The summed E-state index contributed by atoms with van der Waals surface area (Å²) in [4.78, 5) is 81.8. The number of benzene rings is 3. The summed E-state index contributed by atoms with van der Waals surface area (Å²) in [5.74, 6) is -2.05. The Morgan fingerprint density at radius 2 is 1.37 bits per heavy atom. The number of aromatic nitrogens is 1. The highest BCUT2D eigenvalue weighted by Gasteiger charge is 2.33. The van der Waals surface area contributed by atoms with Crippen LogP contribution in [0.15, 0.2) is 90.7 Å². The molecular formula is C57H69N5O15S. The van der Waals surface area contributed by atoms with Gasteiger partial charge in [0.25, 0.3) is 5.91 Å². The first-order valence-electron chi connectivity index (χ1n) is 26.2. The van der Waals surface area contributed by atoms with Crippen molar-refractivity contribution in [3.63, 3.8) is 0 Å². The molecule has 1 aromatic heterocycles. The lowest BCUT2D eigenvalue weighted by molar-refractivity contribution is -0.138. The number of rotatable bonds is 34. The Morgan fingerprint density at radius 1 is 0.744 bits per heavy atom. The van der Waals surface area contributed by atoms with E-state index in [2.05, 4.69) is 22.0 Å². The molecule has 2 aliphatic heterocycles. The summed E-state index contributed by atoms with van der Waals surface area (Å²) in [6.45, 7) is 10.8. The van der Waals surface area contributed by atoms with Gasteiger partial charge >= 0.3 is 0 Å². The van der Waals surface area contributed by atoms with Crippen molar-refractivity contribution in [2.24, 2.45) is 11.8 Å². The minimum atomic E-state index is -0.819. The van der Waals surface area contributed by atoms with E-state index in [0.717, 1.165) is 44.9 Å². The molecule has 3 N–H and O–H groups in total. The number of aryl methyl sites for hydroxylation is 2. The van der Waals surface area contributed by atoms with E-state index in [-0.39, 0.29) is 43.6 Å². The molecule has 1 aliphatic carbocycles. The van der Waals surface area contributed by atoms with E-state index in [9.17, 15) is 28.8 Å². The molecule has 418 valence electrons. The Balaban J connectivity index is 0.624. The van der Waals surface area contributed by atoms with Gasteiger partial charge in [0.05, 0.1) is 116 Å². The molecule has 3 atom stereocenters. The van der Waals surface area contributed by atoms with Gasteiger partial charge in [-0.25, -0.2) is 4.98 Å². The number of hydrogen-bond acceptors (Lipinski definition) is 17. The molecule has 3 aromatic carbocycles. The molecule has 0 spiro atoms. The summed E-state index contributed by atoms with van der Waals surface area (Å²) in [7, 11) is 0. The van der Waals surface area contributed by atoms with Gasteiger partial charge in [-0.2, -0.15) is 0 Å². The van der Waals surface area contributed by atoms with Gasteiger partial charge in [0, 0.05) is 34.7 Å². The predicted octanol–water partition coefficient (Wildman–Crippen LogP) is 5.13. The van der Waals surface area contributed by atoms with E-state index in [1.54, 1.807) is 18.2 Å². The van der Waals surface area contributed by atoms with Crippen LogP contribution in [-0.4, -0.2) is 159 Å². The van der Waals surface area contributed by atoms with Crippen molar-refractivity contribution in [3.05, 3.63) is 118 Å². The molecule has 4 aromatic rings. The lowest BCUT2D eigenvalue weighted by Crippen LogP contribution is -2.53. The number of nitrogens with zero attached hydrogens (tertiary/aromatic N) is 2. The molecule has 7 rings (SSSR count). The van der Waals surface area contributed by atoms with Gasteiger partial charge in [-0.15, -0.1) is 11.3 Å². The van der Waals surface area contributed by atoms with Crippen molar-refractivity contribution in [1.82, 2.24) is 15.6 Å². The highest BCUT2D eigenvalue weighted by Crippen LogP contribution is 2.37. The number of anilines is 2. The van der Waals surface area contributed by atoms with Gasteiger partial charge in [-0.3, -0.25) is 29.3 Å². The molecule has 3 unspecified atom stereocenters. The number of hydrogen-bond donors (Lipinski definition) is 3. The largest absolute Gasteiger partial charge is 0.492 e. The zero-order valence-electron chi connectivity index (χ0n) is 44.2. The number of amides is 5. The second kappa shape index (κ2) is 31.6. The number of imide groups is 1. The van der Waals surface area contributed by atoms with E-state index in [4.69, 9.17) is 47.6 Å². The number of nitrogens with one attached hydrogen (secondary N) is 3. The van der Waals surface area contributed by atoms with Gasteiger partial charge in [0.2, 0.25) is 23.6 Å². The Labute approximate surface area is 458 Å². The van der Waals surface area contributed by atoms with Crippen LogP contribution in [0.25, 0.3) is 11.3 Å². The molecule has 0 bridgehead atoms. The molecule has 0 saturated carbocycles. The maximum atomic E-state index is 13.4. The fraction of sp³-hybridized carbons (Fsp3) is 0.456. The molecule has 1 saturated heterocycles. The first-order chi connectivity index (χ1) is 38.1. The third kappa shape index (κ3) is 18.5. The van der Waals surface area contributed by atoms with Gasteiger partial charge in [0.15, 0.2) is 5.13 Å². The van der Waals surface area contributed by atoms with Crippen LogP contribution in [0.4, 0.5) is 10.8 Å². The van der Waals surface area contributed by atoms with Crippen molar-refractivity contribution in [2.75, 3.05) is 122 Å². The summed E-state index contributed by atoms with van der Waals surface area (Å²) < 4.78 is 50.4. The molecule has 21 heteroatoms. The van der Waals surface area contributed by atoms with Crippen molar-refractivity contribution in [1.29, 1.82) is 0 Å². The number of aldehydes is 1. The van der Waals surface area contributed by atoms with E-state index in [0.29, 0.717) is 134 Å². The van der Waals surface area contributed by atoms with Gasteiger partial charge in [0.1, 0.15) is 37.1 Å². The molecule has 5 amide bonds. The maximum absolute atomic E-state index is 13.4. The Bertz CT molecular complexity index is 2710. The first-order valence-corrected chi connectivity index (χ1v) is 27.0. The normalized spacial score (nSPS) is 16.8. The molecular weight excluding hydrogens is 1030 g/mol. The molecule has 1 fully saturated rings. The van der Waals surface area contributed by atoms with Crippen LogP contribution >= 0.6 is 11.3 Å². The molecule has 0 radical (unpaired) electrons. The molecule has 20 nitrogen and oxygen atoms in total. The number of thiazole rings is 1. The summed E-state index contributed by atoms with van der Waals surface area (Å²) in [5.41, 5.74) is 6.26. The topological polar surface area (TPSA) is 238 Å². The third-order valence-electron chi connectivity index (χ3n) is 12.7. The lowest BCUT2D eigenvalue weighted by atomic mass is 9.87. The molecule has 78 heavy (non-hydrogen) atoms. The van der Waals surface area contributed by atoms with Crippen molar-refractivity contribution in [2.45, 2.75) is 45.6 Å². The van der Waals surface area contributed by atoms with Crippen LogP contribution in [0.3, 0.4) is 0 Å². The minimum absolute atomic E-state index is 0.00778. The maximum Gasteiger partial charge on any atom is 0.258 e. The summed E-state index contributed by atoms with van der Waals surface area (Å²) in [6, 6.07) is 20.4. The van der Waals surface area contributed by atoms with Crippen LogP contribution in [0, 0.1) is 25.7 Å². The fourth-order valence-electron chi connectivity index (χ4n) is 8.65. The van der Waals surface area contributed by atoms with Crippen LogP contribution in [0.2, 0.25) is 0 Å². The number of carbonyl (C=O) groups is 6. The standard InChI is InChI=1S/C57H69N5O15S/c1-39-6-3-4-9-47(39)56(68)62-17-16-42-36-43(10-14-50(42)62)53-40(2)78-57(61-53)60-52(65)35-41-7-5-8-45(34-41)76-32-30-74-28-26-72-24-22-70-20-18-69-19-21-71-23-25-73-27-29-75-31-33-77-46-11-12-48(44(37-46)38-63)54(66)58-49-13-15-51(64)59-55(49)67/h3-12,14,34,36-38,44,48-49H,13,15-33,35H2,1-2H3,(H,58,66)(H,59,64,67)(H,60,61,65). The zero-order valence-corrected chi connectivity index (χ0v) is 45.0. The van der Waals surface area contributed by atoms with E-state index >= 15 is 0 Å². The highest BCUT2D eigenvalue weighted by molar-refractivity contribution is 7.16. The zero-order chi connectivity index (χ0) is 54.9. The summed E-state index contributed by atoms with van der Waals surface area (Å²) in [5, 5.41) is 8.31. The minimum Gasteiger partial charge on any atom is -0.492 e. The van der Waals surface area contributed by atoms with Gasteiger partial charge < -0.3 is 63.0 Å². The van der Waals surface area contributed by atoms with Gasteiger partial charge in [-0.05, 0) is 85.9 Å². The van der Waals surface area contributed by atoms with Crippen LogP contribution in [-0.2, 0) is 74.7 Å². The second-order valence-corrected chi connectivity index (χ2v) is 19.5. The highest BCUT2D eigenvalue weighted by atomic mass is 32.1. The third-order valence-corrected chi connectivity index (χ3v) is 13.5. The average Bonchev–Trinajstić information content (AvgIpc) is 4.09. The lowest BCUT2D eigenvalue weighted by Gasteiger charge is -2.26. The van der Waals surface area contributed by atoms with Crippen LogP contribution in [0.5, 0.6) is 5.75 Å². The van der Waals surface area contributed by atoms with Crippen molar-refractivity contribution >= 4 is 58.0 Å². The molecule has 3 heterocycles. The predicted molar refractivity (Wildman–Crippen MR) is 289 cm³/mol. The quantitative estimate of drug-likeness (QED) is 0.0312. The monoisotopic (exact) mass is 1100 g/mol. The van der Waals surface area contributed by atoms with E-state index in [1.807, 2.05) is 79.4 Å². The van der Waals surface area contributed by atoms with Crippen molar-refractivity contribution in [3.8, 4) is 17.0 Å². The van der Waals surface area contributed by atoms with E-state index < -0.39 is 29.7 Å². The summed E-state index contributed by atoms with van der Waals surface area (Å²) >= 11 is 1.43. The smallest absolute Gasteiger partial charge is 0.258 e. The number of carbonyl (C=O) groups excluding carboxylic acids is 6. The Hall–Kier alpha value is -6.69. The van der Waals surface area contributed by atoms with Gasteiger partial charge in [-0.1, -0.05) is 42.5 Å². The fourth-order valence-corrected chi connectivity index (χ4v) is 9.50. The number of allylic oxidation sites excluding steroid dienone is 2.